The first-order chi connectivity index (χ1) is 13.7. The molecule has 3 nitrogen and oxygen atoms in total. The Morgan fingerprint density at radius 2 is 1.36 bits per heavy atom. The molecule has 1 amide bonds. The van der Waals surface area contributed by atoms with E-state index in [2.05, 4.69) is 55.3 Å². The van der Waals surface area contributed by atoms with Crippen molar-refractivity contribution >= 4 is 5.91 Å². The fourth-order valence-corrected chi connectivity index (χ4v) is 3.26. The average Bonchev–Trinajstić information content (AvgIpc) is 2.71. The topological polar surface area (TPSA) is 32.3 Å². The Balaban J connectivity index is 3.34. The van der Waals surface area contributed by atoms with Crippen LogP contribution in [0.2, 0.25) is 0 Å². The molecule has 1 N–H and O–H groups in total. The van der Waals surface area contributed by atoms with Gasteiger partial charge in [0.25, 0.3) is 0 Å². The van der Waals surface area contributed by atoms with Crippen LogP contribution in [0.3, 0.4) is 0 Å². The fourth-order valence-electron chi connectivity index (χ4n) is 3.26. The van der Waals surface area contributed by atoms with Crippen molar-refractivity contribution < 1.29 is 4.79 Å². The van der Waals surface area contributed by atoms with Crippen molar-refractivity contribution in [1.29, 1.82) is 0 Å². The number of allylic oxidation sites excluding steroid dienone is 4. The summed E-state index contributed by atoms with van der Waals surface area (Å²) in [5.74, 6) is 0.227. The molecule has 0 unspecified atom stereocenters. The summed E-state index contributed by atoms with van der Waals surface area (Å²) in [6.07, 6.45) is 24.5. The third-order valence-corrected chi connectivity index (χ3v) is 5.22. The Kier molecular flexibility index (Phi) is 21.3. The van der Waals surface area contributed by atoms with Crippen LogP contribution in [0.5, 0.6) is 0 Å². The Labute approximate surface area is 176 Å². The van der Waals surface area contributed by atoms with E-state index < -0.39 is 0 Å². The van der Waals surface area contributed by atoms with Crippen molar-refractivity contribution in [1.82, 2.24) is 10.2 Å². The van der Waals surface area contributed by atoms with Crippen LogP contribution in [0.1, 0.15) is 104 Å². The molecule has 3 heteroatoms. The summed E-state index contributed by atoms with van der Waals surface area (Å²) in [6, 6.07) is 0. The van der Waals surface area contributed by atoms with E-state index in [-0.39, 0.29) is 5.91 Å². The van der Waals surface area contributed by atoms with Gasteiger partial charge in [-0.2, -0.15) is 0 Å². The molecule has 0 aromatic rings. The highest BCUT2D eigenvalue weighted by atomic mass is 16.1. The van der Waals surface area contributed by atoms with Crippen molar-refractivity contribution in [2.45, 2.75) is 104 Å². The molecule has 164 valence electrons. The predicted octanol–water partition coefficient (Wildman–Crippen LogP) is 6.65. The fraction of sp³-hybridized carbons (Fsp3) is 0.800. The number of amides is 1. The molecule has 0 saturated heterocycles. The zero-order valence-electron chi connectivity index (χ0n) is 19.2. The molecule has 0 fully saturated rings. The van der Waals surface area contributed by atoms with Gasteiger partial charge in [0.2, 0.25) is 5.91 Å². The summed E-state index contributed by atoms with van der Waals surface area (Å²) in [5, 5.41) is 3.06. The third kappa shape index (κ3) is 19.7. The van der Waals surface area contributed by atoms with Crippen molar-refractivity contribution in [2.24, 2.45) is 0 Å². The van der Waals surface area contributed by atoms with Gasteiger partial charge in [-0.15, -0.1) is 0 Å². The van der Waals surface area contributed by atoms with Gasteiger partial charge in [0.05, 0.1) is 0 Å². The minimum Gasteiger partial charge on any atom is -0.356 e. The van der Waals surface area contributed by atoms with Gasteiger partial charge in [-0.05, 0) is 64.6 Å². The number of unbranched alkanes of at least 4 members (excludes halogenated alkanes) is 8. The molecule has 0 heterocycles. The standard InChI is InChI=1S/C25H48N2O/c1-4-7-8-9-10-11-12-13-14-15-16-17-18-19-20-22-25(28)26-23-21-24-27(5-2)6-3/h10-11,13-14H,4-9,12,15-24H2,1-3H3,(H,26,28)/b11-10-,14-13-. The van der Waals surface area contributed by atoms with Crippen molar-refractivity contribution in [3.8, 4) is 0 Å². The number of carbonyl (C=O) groups is 1. The number of rotatable bonds is 20. The average molecular weight is 393 g/mol. The van der Waals surface area contributed by atoms with Gasteiger partial charge in [0.1, 0.15) is 0 Å². The largest absolute Gasteiger partial charge is 0.356 e. The second-order valence-electron chi connectivity index (χ2n) is 7.71. The lowest BCUT2D eigenvalue weighted by Crippen LogP contribution is -2.29. The zero-order valence-corrected chi connectivity index (χ0v) is 19.2. The number of carbonyl (C=O) groups excluding carboxylic acids is 1. The summed E-state index contributed by atoms with van der Waals surface area (Å²) in [4.78, 5) is 14.2. The lowest BCUT2D eigenvalue weighted by molar-refractivity contribution is -0.121. The molecule has 0 saturated carbocycles. The Hall–Kier alpha value is -1.09. The first kappa shape index (κ1) is 26.9. The van der Waals surface area contributed by atoms with E-state index in [1.807, 2.05) is 0 Å². The van der Waals surface area contributed by atoms with Crippen molar-refractivity contribution in [2.75, 3.05) is 26.2 Å². The van der Waals surface area contributed by atoms with E-state index in [0.717, 1.165) is 45.4 Å². The Morgan fingerprint density at radius 3 is 2.00 bits per heavy atom. The van der Waals surface area contributed by atoms with E-state index in [9.17, 15) is 4.79 Å². The number of nitrogens with one attached hydrogen (secondary N) is 1. The van der Waals surface area contributed by atoms with E-state index in [4.69, 9.17) is 0 Å². The minimum absolute atomic E-state index is 0.227. The Bertz CT molecular complexity index is 386. The van der Waals surface area contributed by atoms with Gasteiger partial charge >= 0.3 is 0 Å². The summed E-state index contributed by atoms with van der Waals surface area (Å²) in [5.41, 5.74) is 0. The first-order valence-corrected chi connectivity index (χ1v) is 12.0. The highest BCUT2D eigenvalue weighted by Crippen LogP contribution is 2.08. The molecule has 0 aliphatic carbocycles. The second kappa shape index (κ2) is 22.2. The zero-order chi connectivity index (χ0) is 20.7. The molecule has 0 aromatic carbocycles. The maximum Gasteiger partial charge on any atom is 0.219 e. The first-order valence-electron chi connectivity index (χ1n) is 12.0. The molecule has 28 heavy (non-hydrogen) atoms. The van der Waals surface area contributed by atoms with Crippen LogP contribution in [0.4, 0.5) is 0 Å². The monoisotopic (exact) mass is 392 g/mol. The van der Waals surface area contributed by atoms with Gasteiger partial charge < -0.3 is 10.2 Å². The predicted molar refractivity (Wildman–Crippen MR) is 125 cm³/mol. The SMILES string of the molecule is CCCCC/C=C\C/C=C\CCCCCCCC(=O)NCCCN(CC)CC. The van der Waals surface area contributed by atoms with Crippen LogP contribution in [-0.2, 0) is 4.79 Å². The molecule has 0 aliphatic rings. The highest BCUT2D eigenvalue weighted by Gasteiger charge is 2.02. The number of hydrogen-bond donors (Lipinski definition) is 1. The minimum atomic E-state index is 0.227. The number of nitrogens with zero attached hydrogens (tertiary/aromatic N) is 1. The number of hydrogen-bond acceptors (Lipinski definition) is 2. The van der Waals surface area contributed by atoms with Crippen LogP contribution >= 0.6 is 0 Å². The van der Waals surface area contributed by atoms with E-state index >= 15 is 0 Å². The van der Waals surface area contributed by atoms with Gasteiger partial charge in [-0.25, -0.2) is 0 Å². The van der Waals surface area contributed by atoms with Crippen LogP contribution in [-0.4, -0.2) is 37.0 Å². The molecule has 0 aromatic heterocycles. The maximum atomic E-state index is 11.8. The van der Waals surface area contributed by atoms with Gasteiger partial charge in [0, 0.05) is 13.0 Å². The third-order valence-electron chi connectivity index (χ3n) is 5.22. The summed E-state index contributed by atoms with van der Waals surface area (Å²) in [6.45, 7) is 10.7. The van der Waals surface area contributed by atoms with Gasteiger partial charge in [0.15, 0.2) is 0 Å². The van der Waals surface area contributed by atoms with Crippen LogP contribution in [0.15, 0.2) is 24.3 Å². The van der Waals surface area contributed by atoms with E-state index in [1.54, 1.807) is 0 Å². The van der Waals surface area contributed by atoms with E-state index in [1.165, 1.54) is 57.8 Å². The molecule has 0 radical (unpaired) electrons. The molecule has 0 rings (SSSR count). The molecular weight excluding hydrogens is 344 g/mol. The highest BCUT2D eigenvalue weighted by molar-refractivity contribution is 5.75. The molecule has 0 atom stereocenters. The normalized spacial score (nSPS) is 11.9. The Morgan fingerprint density at radius 1 is 0.750 bits per heavy atom. The lowest BCUT2D eigenvalue weighted by Gasteiger charge is -2.17. The summed E-state index contributed by atoms with van der Waals surface area (Å²) >= 11 is 0. The van der Waals surface area contributed by atoms with Gasteiger partial charge in [-0.3, -0.25) is 4.79 Å². The maximum absolute atomic E-state index is 11.8. The molecule has 0 bridgehead atoms. The lowest BCUT2D eigenvalue weighted by atomic mass is 10.1. The summed E-state index contributed by atoms with van der Waals surface area (Å²) < 4.78 is 0. The van der Waals surface area contributed by atoms with Crippen LogP contribution in [0.25, 0.3) is 0 Å². The van der Waals surface area contributed by atoms with Gasteiger partial charge in [-0.1, -0.05) is 77.2 Å². The van der Waals surface area contributed by atoms with Crippen LogP contribution in [0, 0.1) is 0 Å². The molecule has 0 aliphatic heterocycles. The summed E-state index contributed by atoms with van der Waals surface area (Å²) in [7, 11) is 0. The van der Waals surface area contributed by atoms with E-state index in [0.29, 0.717) is 6.42 Å². The smallest absolute Gasteiger partial charge is 0.219 e. The van der Waals surface area contributed by atoms with Crippen molar-refractivity contribution in [3.63, 3.8) is 0 Å². The second-order valence-corrected chi connectivity index (χ2v) is 7.71. The molecular formula is C25H48N2O. The molecule has 0 spiro atoms. The van der Waals surface area contributed by atoms with Crippen molar-refractivity contribution in [3.05, 3.63) is 24.3 Å². The quantitative estimate of drug-likeness (QED) is 0.186. The van der Waals surface area contributed by atoms with Crippen LogP contribution < -0.4 is 5.32 Å².